The van der Waals surface area contributed by atoms with Gasteiger partial charge in [-0.1, -0.05) is 0 Å². The van der Waals surface area contributed by atoms with Crippen molar-refractivity contribution < 1.29 is 14.6 Å². The monoisotopic (exact) mass is 187 g/mol. The van der Waals surface area contributed by atoms with Gasteiger partial charge in [-0.25, -0.2) is 0 Å². The average Bonchev–Trinajstić information content (AvgIpc) is 2.64. The first-order valence-electron chi connectivity index (χ1n) is 5.01. The van der Waals surface area contributed by atoms with Crippen LogP contribution in [-0.4, -0.2) is 43.3 Å². The van der Waals surface area contributed by atoms with Crippen LogP contribution >= 0.6 is 0 Å². The maximum Gasteiger partial charge on any atom is 0.111 e. The Bertz CT molecular complexity index is 153. The highest BCUT2D eigenvalue weighted by Crippen LogP contribution is 2.28. The minimum Gasteiger partial charge on any atom is -0.396 e. The van der Waals surface area contributed by atoms with Gasteiger partial charge in [0.2, 0.25) is 0 Å². The van der Waals surface area contributed by atoms with E-state index in [1.165, 1.54) is 0 Å². The highest BCUT2D eigenvalue weighted by molar-refractivity contribution is 4.86. The lowest BCUT2D eigenvalue weighted by molar-refractivity contribution is 0.0223. The second kappa shape index (κ2) is 4.37. The summed E-state index contributed by atoms with van der Waals surface area (Å²) in [6.45, 7) is 1.91. The van der Waals surface area contributed by atoms with Gasteiger partial charge in [0.1, 0.15) is 6.23 Å². The van der Waals surface area contributed by atoms with Gasteiger partial charge >= 0.3 is 0 Å². The summed E-state index contributed by atoms with van der Waals surface area (Å²) in [5.41, 5.74) is 0. The molecule has 0 aromatic heterocycles. The molecule has 13 heavy (non-hydrogen) atoms. The van der Waals surface area contributed by atoms with Crippen molar-refractivity contribution in [2.45, 2.75) is 37.7 Å². The molecule has 4 nitrogen and oxygen atoms in total. The third kappa shape index (κ3) is 2.20. The molecule has 0 spiro atoms. The van der Waals surface area contributed by atoms with Crippen LogP contribution < -0.4 is 5.32 Å². The second-order valence-electron chi connectivity index (χ2n) is 3.63. The maximum absolute atomic E-state index is 8.60. The van der Waals surface area contributed by atoms with Crippen LogP contribution in [0, 0.1) is 0 Å². The number of hydrogen-bond donors (Lipinski definition) is 2. The van der Waals surface area contributed by atoms with Gasteiger partial charge in [-0.3, -0.25) is 5.32 Å². The zero-order valence-corrected chi connectivity index (χ0v) is 7.74. The lowest BCUT2D eigenvalue weighted by Gasteiger charge is -2.12. The van der Waals surface area contributed by atoms with E-state index < -0.39 is 0 Å². The molecule has 0 amide bonds. The third-order valence-corrected chi connectivity index (χ3v) is 2.64. The Kier molecular flexibility index (Phi) is 3.16. The lowest BCUT2D eigenvalue weighted by Crippen LogP contribution is -2.30. The Hall–Kier alpha value is -0.160. The predicted molar refractivity (Wildman–Crippen MR) is 47.3 cm³/mol. The number of hydrogen-bond acceptors (Lipinski definition) is 4. The van der Waals surface area contributed by atoms with E-state index in [0.29, 0.717) is 12.2 Å². The van der Waals surface area contributed by atoms with E-state index in [1.807, 2.05) is 0 Å². The van der Waals surface area contributed by atoms with Gasteiger partial charge in [0.25, 0.3) is 0 Å². The number of fused-ring (bicyclic) bond motifs is 1. The summed E-state index contributed by atoms with van der Waals surface area (Å²) in [6, 6.07) is 0. The molecule has 3 atom stereocenters. The van der Waals surface area contributed by atoms with Gasteiger partial charge in [-0.2, -0.15) is 0 Å². The SMILES string of the molecule is OCCCNC1CC2OCCC2O1. The van der Waals surface area contributed by atoms with Crippen LogP contribution in [-0.2, 0) is 9.47 Å². The van der Waals surface area contributed by atoms with Crippen molar-refractivity contribution in [2.24, 2.45) is 0 Å². The summed E-state index contributed by atoms with van der Waals surface area (Å²) in [7, 11) is 0. The molecule has 76 valence electrons. The number of ether oxygens (including phenoxy) is 2. The largest absolute Gasteiger partial charge is 0.396 e. The number of aliphatic hydroxyl groups excluding tert-OH is 1. The zero-order chi connectivity index (χ0) is 9.10. The average molecular weight is 187 g/mol. The Balaban J connectivity index is 1.67. The summed E-state index contributed by atoms with van der Waals surface area (Å²) >= 11 is 0. The van der Waals surface area contributed by atoms with E-state index >= 15 is 0 Å². The molecule has 0 bridgehead atoms. The van der Waals surface area contributed by atoms with Crippen LogP contribution in [0.2, 0.25) is 0 Å². The summed E-state index contributed by atoms with van der Waals surface area (Å²) in [6.07, 6.45) is 3.54. The van der Waals surface area contributed by atoms with Crippen LogP contribution in [0.15, 0.2) is 0 Å². The molecule has 2 aliphatic rings. The van der Waals surface area contributed by atoms with Crippen LogP contribution in [0.1, 0.15) is 19.3 Å². The van der Waals surface area contributed by atoms with Crippen LogP contribution in [0.3, 0.4) is 0 Å². The summed E-state index contributed by atoms with van der Waals surface area (Å²) < 4.78 is 11.2. The predicted octanol–water partition coefficient (Wildman–Crippen LogP) is -0.138. The summed E-state index contributed by atoms with van der Waals surface area (Å²) in [4.78, 5) is 0. The van der Waals surface area contributed by atoms with Crippen LogP contribution in [0.4, 0.5) is 0 Å². The van der Waals surface area contributed by atoms with Crippen molar-refractivity contribution in [1.82, 2.24) is 5.32 Å². The van der Waals surface area contributed by atoms with Gasteiger partial charge in [0.15, 0.2) is 0 Å². The minimum absolute atomic E-state index is 0.141. The highest BCUT2D eigenvalue weighted by atomic mass is 16.6. The molecule has 0 saturated carbocycles. The lowest BCUT2D eigenvalue weighted by atomic mass is 10.2. The molecule has 0 radical (unpaired) electrons. The van der Waals surface area contributed by atoms with Crippen LogP contribution in [0.5, 0.6) is 0 Å². The van der Waals surface area contributed by atoms with Gasteiger partial charge < -0.3 is 14.6 Å². The molecule has 3 unspecified atom stereocenters. The first-order chi connectivity index (χ1) is 6.40. The van der Waals surface area contributed by atoms with Gasteiger partial charge in [-0.15, -0.1) is 0 Å². The van der Waals surface area contributed by atoms with Crippen molar-refractivity contribution in [2.75, 3.05) is 19.8 Å². The Labute approximate surface area is 78.2 Å². The molecule has 2 aliphatic heterocycles. The van der Waals surface area contributed by atoms with Crippen molar-refractivity contribution in [3.8, 4) is 0 Å². The molecule has 0 aromatic carbocycles. The number of rotatable bonds is 4. The number of aliphatic hydroxyl groups is 1. The fourth-order valence-electron chi connectivity index (χ4n) is 1.96. The molecule has 0 aliphatic carbocycles. The quantitative estimate of drug-likeness (QED) is 0.602. The van der Waals surface area contributed by atoms with E-state index in [-0.39, 0.29) is 12.8 Å². The maximum atomic E-state index is 8.60. The van der Waals surface area contributed by atoms with Crippen molar-refractivity contribution in [1.29, 1.82) is 0 Å². The zero-order valence-electron chi connectivity index (χ0n) is 7.74. The van der Waals surface area contributed by atoms with Crippen molar-refractivity contribution >= 4 is 0 Å². The smallest absolute Gasteiger partial charge is 0.111 e. The third-order valence-electron chi connectivity index (χ3n) is 2.64. The van der Waals surface area contributed by atoms with E-state index in [4.69, 9.17) is 14.6 Å². The van der Waals surface area contributed by atoms with Gasteiger partial charge in [-0.05, 0) is 19.4 Å². The van der Waals surface area contributed by atoms with Crippen LogP contribution in [0.25, 0.3) is 0 Å². The van der Waals surface area contributed by atoms with Gasteiger partial charge in [0.05, 0.1) is 12.2 Å². The molecular weight excluding hydrogens is 170 g/mol. The molecule has 2 rings (SSSR count). The molecule has 2 N–H and O–H groups in total. The Morgan fingerprint density at radius 1 is 1.38 bits per heavy atom. The van der Waals surface area contributed by atoms with E-state index in [9.17, 15) is 0 Å². The molecule has 2 fully saturated rings. The molecule has 0 aromatic rings. The molecule has 2 heterocycles. The fourth-order valence-corrected chi connectivity index (χ4v) is 1.96. The summed E-state index contributed by atoms with van der Waals surface area (Å²) in [5, 5.41) is 11.8. The molecule has 4 heteroatoms. The Morgan fingerprint density at radius 3 is 3.08 bits per heavy atom. The first-order valence-corrected chi connectivity index (χ1v) is 5.01. The topological polar surface area (TPSA) is 50.7 Å². The molecule has 2 saturated heterocycles. The fraction of sp³-hybridized carbons (Fsp3) is 1.00. The minimum atomic E-state index is 0.141. The Morgan fingerprint density at radius 2 is 2.31 bits per heavy atom. The van der Waals surface area contributed by atoms with E-state index in [0.717, 1.165) is 32.4 Å². The van der Waals surface area contributed by atoms with Crippen molar-refractivity contribution in [3.05, 3.63) is 0 Å². The standard InChI is InChI=1S/C9H17NO3/c11-4-1-3-10-9-6-8-7(13-9)2-5-12-8/h7-11H,1-6H2. The molecular formula is C9H17NO3. The first kappa shape index (κ1) is 9.40. The van der Waals surface area contributed by atoms with E-state index in [1.54, 1.807) is 0 Å². The normalized spacial score (nSPS) is 38.1. The van der Waals surface area contributed by atoms with E-state index in [2.05, 4.69) is 5.32 Å². The highest BCUT2D eigenvalue weighted by Gasteiger charge is 2.39. The second-order valence-corrected chi connectivity index (χ2v) is 3.63. The number of nitrogens with one attached hydrogen (secondary N) is 1. The van der Waals surface area contributed by atoms with Gasteiger partial charge in [0, 0.05) is 19.6 Å². The summed E-state index contributed by atoms with van der Waals surface area (Å²) in [5.74, 6) is 0. The van der Waals surface area contributed by atoms with Crippen molar-refractivity contribution in [3.63, 3.8) is 0 Å².